The Hall–Kier alpha value is -0.530. The van der Waals surface area contributed by atoms with Gasteiger partial charge >= 0.3 is 5.97 Å². The first kappa shape index (κ1) is 57.5. The van der Waals surface area contributed by atoms with Gasteiger partial charge in [0.05, 0.1) is 6.61 Å². The Kier molecular flexibility index (Phi) is 54.0. The van der Waals surface area contributed by atoms with Crippen molar-refractivity contribution in [2.75, 3.05) is 6.61 Å². The molecule has 0 aliphatic carbocycles. The highest BCUT2D eigenvalue weighted by Crippen LogP contribution is 2.18. The number of hydrogen-bond donors (Lipinski definition) is 0. The van der Waals surface area contributed by atoms with Crippen LogP contribution in [-0.4, -0.2) is 12.6 Å². The van der Waals surface area contributed by atoms with Gasteiger partial charge in [0.15, 0.2) is 0 Å². The highest BCUT2D eigenvalue weighted by atomic mass is 16.5. The van der Waals surface area contributed by atoms with Crippen LogP contribution in [0.15, 0.2) is 0 Å². The summed E-state index contributed by atoms with van der Waals surface area (Å²) < 4.78 is 5.48. The molecule has 0 aromatic carbocycles. The first-order chi connectivity index (χ1) is 28.8. The Balaban J connectivity index is 3.12. The van der Waals surface area contributed by atoms with Gasteiger partial charge in [-0.3, -0.25) is 4.79 Å². The van der Waals surface area contributed by atoms with Crippen molar-refractivity contribution in [2.45, 2.75) is 348 Å². The topological polar surface area (TPSA) is 26.3 Å². The summed E-state index contributed by atoms with van der Waals surface area (Å²) in [4.78, 5) is 12.0. The Morgan fingerprint density at radius 3 is 0.569 bits per heavy atom. The molecule has 0 aliphatic rings. The van der Waals surface area contributed by atoms with Crippen LogP contribution in [0.1, 0.15) is 348 Å². The molecular formula is C56H112O2. The van der Waals surface area contributed by atoms with E-state index in [-0.39, 0.29) is 5.97 Å². The predicted octanol–water partition coefficient (Wildman–Crippen LogP) is 20.9. The van der Waals surface area contributed by atoms with E-state index in [0.29, 0.717) is 13.0 Å². The Morgan fingerprint density at radius 2 is 0.379 bits per heavy atom. The van der Waals surface area contributed by atoms with Crippen molar-refractivity contribution in [3.63, 3.8) is 0 Å². The SMILES string of the molecule is CCCCCCCCCCCCCCCCCCCCCCCCCCCCCCCCCCCCCCCCOC(=O)CCCCCCCCCCCCCCC. The van der Waals surface area contributed by atoms with Gasteiger partial charge in [-0.1, -0.05) is 328 Å². The maximum absolute atomic E-state index is 12.0. The van der Waals surface area contributed by atoms with Crippen LogP contribution in [0, 0.1) is 0 Å². The summed E-state index contributed by atoms with van der Waals surface area (Å²) in [5.41, 5.74) is 0. The summed E-state index contributed by atoms with van der Waals surface area (Å²) in [6, 6.07) is 0. The number of hydrogen-bond acceptors (Lipinski definition) is 2. The van der Waals surface area contributed by atoms with Crippen LogP contribution in [-0.2, 0) is 9.53 Å². The number of carbonyl (C=O) groups is 1. The minimum atomic E-state index is 0.0321. The third kappa shape index (κ3) is 53.5. The highest BCUT2D eigenvalue weighted by Gasteiger charge is 2.03. The zero-order chi connectivity index (χ0) is 41.8. The van der Waals surface area contributed by atoms with Crippen LogP contribution in [0.5, 0.6) is 0 Å². The van der Waals surface area contributed by atoms with Crippen molar-refractivity contribution in [1.82, 2.24) is 0 Å². The second kappa shape index (κ2) is 54.5. The third-order valence-electron chi connectivity index (χ3n) is 13.2. The van der Waals surface area contributed by atoms with Crippen LogP contribution < -0.4 is 0 Å². The van der Waals surface area contributed by atoms with E-state index >= 15 is 0 Å². The van der Waals surface area contributed by atoms with Gasteiger partial charge in [0, 0.05) is 6.42 Å². The summed E-state index contributed by atoms with van der Waals surface area (Å²) >= 11 is 0. The smallest absolute Gasteiger partial charge is 0.305 e. The van der Waals surface area contributed by atoms with E-state index in [1.165, 1.54) is 315 Å². The molecule has 0 atom stereocenters. The lowest BCUT2D eigenvalue weighted by Gasteiger charge is -2.06. The van der Waals surface area contributed by atoms with Gasteiger partial charge in [0.2, 0.25) is 0 Å². The van der Waals surface area contributed by atoms with E-state index < -0.39 is 0 Å². The second-order valence-electron chi connectivity index (χ2n) is 19.3. The molecule has 0 unspecified atom stereocenters. The lowest BCUT2D eigenvalue weighted by atomic mass is 10.0. The van der Waals surface area contributed by atoms with Gasteiger partial charge < -0.3 is 4.74 Å². The van der Waals surface area contributed by atoms with Crippen LogP contribution >= 0.6 is 0 Å². The molecule has 2 heteroatoms. The molecule has 0 aliphatic heterocycles. The molecule has 0 saturated heterocycles. The zero-order valence-electron chi connectivity index (χ0n) is 40.8. The molecule has 0 heterocycles. The van der Waals surface area contributed by atoms with Crippen molar-refractivity contribution in [1.29, 1.82) is 0 Å². The maximum Gasteiger partial charge on any atom is 0.305 e. The maximum atomic E-state index is 12.0. The fourth-order valence-electron chi connectivity index (χ4n) is 9.08. The van der Waals surface area contributed by atoms with E-state index in [2.05, 4.69) is 13.8 Å². The number of rotatable bonds is 53. The summed E-state index contributed by atoms with van der Waals surface area (Å²) in [6.45, 7) is 5.23. The molecule has 0 spiro atoms. The minimum absolute atomic E-state index is 0.0321. The molecule has 0 N–H and O–H groups in total. The Labute approximate surface area is 368 Å². The summed E-state index contributed by atoms with van der Waals surface area (Å²) in [5.74, 6) is 0.0321. The van der Waals surface area contributed by atoms with Crippen LogP contribution in [0.4, 0.5) is 0 Å². The fourth-order valence-corrected chi connectivity index (χ4v) is 9.08. The van der Waals surface area contributed by atoms with Crippen molar-refractivity contribution < 1.29 is 9.53 Å². The first-order valence-corrected chi connectivity index (χ1v) is 28.0. The van der Waals surface area contributed by atoms with Crippen molar-refractivity contribution in [2.24, 2.45) is 0 Å². The molecule has 0 aromatic rings. The average Bonchev–Trinajstić information content (AvgIpc) is 3.23. The van der Waals surface area contributed by atoms with E-state index in [9.17, 15) is 4.79 Å². The van der Waals surface area contributed by atoms with Crippen LogP contribution in [0.3, 0.4) is 0 Å². The summed E-state index contributed by atoms with van der Waals surface area (Å²) in [6.07, 6.45) is 72.9. The average molecular weight is 818 g/mol. The minimum Gasteiger partial charge on any atom is -0.466 e. The quantitative estimate of drug-likeness (QED) is 0.0451. The Bertz CT molecular complexity index is 717. The Morgan fingerprint density at radius 1 is 0.224 bits per heavy atom. The number of ether oxygens (including phenoxy) is 1. The monoisotopic (exact) mass is 817 g/mol. The number of carbonyl (C=O) groups excluding carboxylic acids is 1. The van der Waals surface area contributed by atoms with Crippen molar-refractivity contribution >= 4 is 5.97 Å². The number of unbranched alkanes of at least 4 members (excludes halogenated alkanes) is 49. The van der Waals surface area contributed by atoms with Gasteiger partial charge in [-0.05, 0) is 12.8 Å². The lowest BCUT2D eigenvalue weighted by Crippen LogP contribution is -2.05. The normalized spacial score (nSPS) is 11.6. The lowest BCUT2D eigenvalue weighted by molar-refractivity contribution is -0.143. The second-order valence-corrected chi connectivity index (χ2v) is 19.3. The predicted molar refractivity (Wildman–Crippen MR) is 262 cm³/mol. The molecule has 0 rings (SSSR count). The van der Waals surface area contributed by atoms with Gasteiger partial charge in [-0.15, -0.1) is 0 Å². The largest absolute Gasteiger partial charge is 0.466 e. The van der Waals surface area contributed by atoms with Crippen molar-refractivity contribution in [3.05, 3.63) is 0 Å². The fraction of sp³-hybridized carbons (Fsp3) is 0.982. The first-order valence-electron chi connectivity index (χ1n) is 28.0. The van der Waals surface area contributed by atoms with Gasteiger partial charge in [-0.2, -0.15) is 0 Å². The molecule has 0 saturated carbocycles. The third-order valence-corrected chi connectivity index (χ3v) is 13.2. The molecule has 0 amide bonds. The zero-order valence-corrected chi connectivity index (χ0v) is 40.8. The van der Waals surface area contributed by atoms with Crippen molar-refractivity contribution in [3.8, 4) is 0 Å². The summed E-state index contributed by atoms with van der Waals surface area (Å²) in [5, 5.41) is 0. The van der Waals surface area contributed by atoms with Gasteiger partial charge in [0.25, 0.3) is 0 Å². The summed E-state index contributed by atoms with van der Waals surface area (Å²) in [7, 11) is 0. The van der Waals surface area contributed by atoms with E-state index in [0.717, 1.165) is 12.8 Å². The number of esters is 1. The molecule has 2 nitrogen and oxygen atoms in total. The van der Waals surface area contributed by atoms with Crippen LogP contribution in [0.2, 0.25) is 0 Å². The highest BCUT2D eigenvalue weighted by molar-refractivity contribution is 5.69. The van der Waals surface area contributed by atoms with E-state index in [1.807, 2.05) is 0 Å². The standard InChI is InChI=1S/C56H112O2/c1-3-5-7-9-11-13-15-17-18-19-20-21-22-23-24-25-26-27-28-29-30-31-32-33-34-35-36-37-38-39-40-41-43-45-47-49-51-53-55-58-56(57)54-52-50-48-46-44-42-16-14-12-10-8-6-4-2/h3-55H2,1-2H3. The van der Waals surface area contributed by atoms with E-state index in [4.69, 9.17) is 4.74 Å². The molecular weight excluding hydrogens is 705 g/mol. The molecule has 348 valence electrons. The molecule has 0 radical (unpaired) electrons. The molecule has 0 bridgehead atoms. The van der Waals surface area contributed by atoms with Gasteiger partial charge in [-0.25, -0.2) is 0 Å². The van der Waals surface area contributed by atoms with Gasteiger partial charge in [0.1, 0.15) is 0 Å². The van der Waals surface area contributed by atoms with Crippen LogP contribution in [0.25, 0.3) is 0 Å². The molecule has 58 heavy (non-hydrogen) atoms. The molecule has 0 fully saturated rings. The molecule has 0 aromatic heterocycles. The van der Waals surface area contributed by atoms with E-state index in [1.54, 1.807) is 0 Å².